The Labute approximate surface area is 107 Å². The molecular formula is C13H21NO2S. The largest absolute Gasteiger partial charge is 0.296 e. The van der Waals surface area contributed by atoms with Crippen LogP contribution in [0.2, 0.25) is 0 Å². The van der Waals surface area contributed by atoms with Crippen molar-refractivity contribution in [3.63, 3.8) is 0 Å². The van der Waals surface area contributed by atoms with Crippen LogP contribution in [0.3, 0.4) is 0 Å². The van der Waals surface area contributed by atoms with Crippen molar-refractivity contribution >= 4 is 23.6 Å². The monoisotopic (exact) mass is 255 g/mol. The van der Waals surface area contributed by atoms with E-state index in [1.165, 1.54) is 0 Å². The van der Waals surface area contributed by atoms with Crippen LogP contribution in [0.4, 0.5) is 0 Å². The fourth-order valence-corrected chi connectivity index (χ4v) is 4.80. The molecule has 2 fully saturated rings. The Hall–Kier alpha value is -0.510. The van der Waals surface area contributed by atoms with Crippen molar-refractivity contribution in [3.8, 4) is 0 Å². The number of nitrogens with one attached hydrogen (secondary N) is 1. The number of hydrogen-bond acceptors (Lipinski definition) is 3. The van der Waals surface area contributed by atoms with E-state index in [4.69, 9.17) is 0 Å². The quantitative estimate of drug-likeness (QED) is 0.770. The predicted octanol–water partition coefficient (Wildman–Crippen LogP) is 2.21. The Kier molecular flexibility index (Phi) is 3.53. The van der Waals surface area contributed by atoms with E-state index in [0.29, 0.717) is 17.6 Å². The third kappa shape index (κ3) is 2.24. The lowest BCUT2D eigenvalue weighted by molar-refractivity contribution is -0.144. The fourth-order valence-electron chi connectivity index (χ4n) is 3.25. The molecule has 0 aromatic carbocycles. The van der Waals surface area contributed by atoms with Crippen molar-refractivity contribution in [1.29, 1.82) is 0 Å². The van der Waals surface area contributed by atoms with E-state index in [1.807, 2.05) is 11.8 Å². The van der Waals surface area contributed by atoms with Gasteiger partial charge in [0, 0.05) is 23.0 Å². The number of imide groups is 1. The number of hydrogen-bond donors (Lipinski definition) is 1. The smallest absolute Gasteiger partial charge is 0.230 e. The average Bonchev–Trinajstić information content (AvgIpc) is 2.55. The molecule has 3 unspecified atom stereocenters. The zero-order valence-corrected chi connectivity index (χ0v) is 11.6. The van der Waals surface area contributed by atoms with Gasteiger partial charge in [-0.25, -0.2) is 0 Å². The van der Waals surface area contributed by atoms with Gasteiger partial charge >= 0.3 is 0 Å². The maximum Gasteiger partial charge on any atom is 0.230 e. The van der Waals surface area contributed by atoms with Gasteiger partial charge in [-0.1, -0.05) is 20.8 Å². The summed E-state index contributed by atoms with van der Waals surface area (Å²) in [5.74, 6) is 1.48. The molecule has 2 heterocycles. The van der Waals surface area contributed by atoms with Crippen LogP contribution in [-0.2, 0) is 9.59 Å². The molecule has 2 aliphatic heterocycles. The highest BCUT2D eigenvalue weighted by Crippen LogP contribution is 2.53. The molecular weight excluding hydrogens is 234 g/mol. The molecule has 17 heavy (non-hydrogen) atoms. The van der Waals surface area contributed by atoms with Crippen LogP contribution in [0.25, 0.3) is 0 Å². The van der Waals surface area contributed by atoms with Gasteiger partial charge in [0.1, 0.15) is 0 Å². The van der Waals surface area contributed by atoms with Crippen molar-refractivity contribution in [1.82, 2.24) is 5.32 Å². The molecule has 0 aliphatic carbocycles. The molecule has 0 bridgehead atoms. The molecule has 2 rings (SSSR count). The van der Waals surface area contributed by atoms with Crippen molar-refractivity contribution in [2.75, 3.05) is 5.75 Å². The number of thioether (sulfide) groups is 1. The first-order valence-corrected chi connectivity index (χ1v) is 7.46. The van der Waals surface area contributed by atoms with Crippen LogP contribution < -0.4 is 5.32 Å². The molecule has 0 saturated carbocycles. The average molecular weight is 255 g/mol. The molecule has 4 heteroatoms. The summed E-state index contributed by atoms with van der Waals surface area (Å²) in [6, 6.07) is 0. The summed E-state index contributed by atoms with van der Waals surface area (Å²) < 4.78 is 0. The van der Waals surface area contributed by atoms with E-state index in [0.717, 1.165) is 18.6 Å². The highest BCUT2D eigenvalue weighted by molar-refractivity contribution is 8.00. The number of carbonyl (C=O) groups excluding carboxylic acids is 2. The van der Waals surface area contributed by atoms with Crippen molar-refractivity contribution < 1.29 is 9.59 Å². The summed E-state index contributed by atoms with van der Waals surface area (Å²) in [6.07, 6.45) is 2.43. The molecule has 2 saturated heterocycles. The number of amides is 2. The normalized spacial score (nSPS) is 37.9. The topological polar surface area (TPSA) is 46.2 Å². The van der Waals surface area contributed by atoms with Crippen LogP contribution in [-0.4, -0.2) is 22.8 Å². The van der Waals surface area contributed by atoms with Gasteiger partial charge in [-0.3, -0.25) is 14.9 Å². The SMILES string of the molecule is CC(C)CC1C(=O)NC(=O)CC12CCSC2C. The highest BCUT2D eigenvalue weighted by Gasteiger charge is 2.53. The van der Waals surface area contributed by atoms with E-state index in [2.05, 4.69) is 26.1 Å². The lowest BCUT2D eigenvalue weighted by atomic mass is 9.64. The summed E-state index contributed by atoms with van der Waals surface area (Å²) >= 11 is 1.91. The summed E-state index contributed by atoms with van der Waals surface area (Å²) in [5.41, 5.74) is -0.0750. The van der Waals surface area contributed by atoms with Crippen molar-refractivity contribution in [3.05, 3.63) is 0 Å². The van der Waals surface area contributed by atoms with Crippen LogP contribution in [0.1, 0.15) is 40.0 Å². The predicted molar refractivity (Wildman–Crippen MR) is 69.7 cm³/mol. The molecule has 96 valence electrons. The summed E-state index contributed by atoms with van der Waals surface area (Å²) in [6.45, 7) is 6.46. The first-order valence-electron chi connectivity index (χ1n) is 6.41. The Balaban J connectivity index is 2.29. The fraction of sp³-hybridized carbons (Fsp3) is 0.846. The molecule has 2 amide bonds. The maximum absolute atomic E-state index is 12.1. The van der Waals surface area contributed by atoms with Gasteiger partial charge in [0.25, 0.3) is 0 Å². The Morgan fingerprint density at radius 3 is 2.71 bits per heavy atom. The standard InChI is InChI=1S/C13H21NO2S/c1-8(2)6-10-12(16)14-11(15)7-13(10)4-5-17-9(13)3/h8-10H,4-7H2,1-3H3,(H,14,15,16). The second-order valence-electron chi connectivity index (χ2n) is 5.77. The molecule has 0 aromatic heterocycles. The van der Waals surface area contributed by atoms with Gasteiger partial charge in [-0.05, 0) is 24.5 Å². The Morgan fingerprint density at radius 1 is 1.47 bits per heavy atom. The molecule has 1 N–H and O–H groups in total. The van der Waals surface area contributed by atoms with Gasteiger partial charge in [-0.15, -0.1) is 0 Å². The van der Waals surface area contributed by atoms with E-state index in [1.54, 1.807) is 0 Å². The summed E-state index contributed by atoms with van der Waals surface area (Å²) in [5, 5.41) is 2.94. The van der Waals surface area contributed by atoms with Crippen LogP contribution in [0.5, 0.6) is 0 Å². The molecule has 1 spiro atoms. The minimum Gasteiger partial charge on any atom is -0.296 e. The van der Waals surface area contributed by atoms with Gasteiger partial charge in [0.15, 0.2) is 0 Å². The molecule has 2 aliphatic rings. The third-order valence-electron chi connectivity index (χ3n) is 4.21. The first kappa shape index (κ1) is 12.9. The lowest BCUT2D eigenvalue weighted by Gasteiger charge is -2.43. The Bertz CT molecular complexity index is 342. The Morgan fingerprint density at radius 2 is 2.18 bits per heavy atom. The first-order chi connectivity index (χ1) is 7.95. The van der Waals surface area contributed by atoms with Crippen LogP contribution in [0.15, 0.2) is 0 Å². The van der Waals surface area contributed by atoms with E-state index in [-0.39, 0.29) is 23.1 Å². The zero-order chi connectivity index (χ0) is 12.6. The van der Waals surface area contributed by atoms with Gasteiger partial charge < -0.3 is 0 Å². The molecule has 3 nitrogen and oxygen atoms in total. The van der Waals surface area contributed by atoms with Crippen molar-refractivity contribution in [2.45, 2.75) is 45.3 Å². The van der Waals surface area contributed by atoms with Gasteiger partial charge in [-0.2, -0.15) is 11.8 Å². The summed E-state index contributed by atoms with van der Waals surface area (Å²) in [7, 11) is 0. The number of rotatable bonds is 2. The molecule has 0 aromatic rings. The van der Waals surface area contributed by atoms with Gasteiger partial charge in [0.2, 0.25) is 11.8 Å². The van der Waals surface area contributed by atoms with Gasteiger partial charge in [0.05, 0.1) is 0 Å². The van der Waals surface area contributed by atoms with Crippen molar-refractivity contribution in [2.24, 2.45) is 17.3 Å². The van der Waals surface area contributed by atoms with E-state index >= 15 is 0 Å². The highest BCUT2D eigenvalue weighted by atomic mass is 32.2. The zero-order valence-electron chi connectivity index (χ0n) is 10.8. The van der Waals surface area contributed by atoms with E-state index in [9.17, 15) is 9.59 Å². The molecule has 0 radical (unpaired) electrons. The molecule has 3 atom stereocenters. The summed E-state index contributed by atoms with van der Waals surface area (Å²) in [4.78, 5) is 23.8. The van der Waals surface area contributed by atoms with Crippen LogP contribution >= 0.6 is 11.8 Å². The minimum atomic E-state index is -0.0793. The maximum atomic E-state index is 12.1. The third-order valence-corrected chi connectivity index (χ3v) is 5.62. The lowest BCUT2D eigenvalue weighted by Crippen LogP contribution is -2.54. The van der Waals surface area contributed by atoms with E-state index < -0.39 is 0 Å². The second-order valence-corrected chi connectivity index (χ2v) is 7.22. The minimum absolute atomic E-state index is 0.0187. The van der Waals surface area contributed by atoms with Crippen LogP contribution in [0, 0.1) is 17.3 Å². The number of piperidine rings is 1. The second kappa shape index (κ2) is 4.63. The number of carbonyl (C=O) groups is 2.